The van der Waals surface area contributed by atoms with Crippen LogP contribution in [0.3, 0.4) is 0 Å². The predicted octanol–water partition coefficient (Wildman–Crippen LogP) is 2.31. The molecule has 0 saturated carbocycles. The molecule has 0 aliphatic carbocycles. The number of halogens is 1. The molecule has 2 amide bonds. The highest BCUT2D eigenvalue weighted by atomic mass is 19.1. The van der Waals surface area contributed by atoms with Crippen LogP contribution in [0.2, 0.25) is 0 Å². The molecule has 0 radical (unpaired) electrons. The van der Waals surface area contributed by atoms with Gasteiger partial charge in [0.25, 0.3) is 0 Å². The molecule has 1 unspecified atom stereocenters. The number of nitrogens with one attached hydrogen (secondary N) is 2. The van der Waals surface area contributed by atoms with E-state index in [1.54, 1.807) is 19.9 Å². The average Bonchev–Trinajstić information content (AvgIpc) is 2.27. The van der Waals surface area contributed by atoms with Crippen molar-refractivity contribution in [3.8, 4) is 0 Å². The number of urea groups is 1. The summed E-state index contributed by atoms with van der Waals surface area (Å²) in [5, 5.41) is 4.93. The van der Waals surface area contributed by atoms with E-state index in [2.05, 4.69) is 10.6 Å². The van der Waals surface area contributed by atoms with Crippen LogP contribution in [0, 0.1) is 5.82 Å². The Morgan fingerprint density at radius 2 is 2.12 bits per heavy atom. The summed E-state index contributed by atoms with van der Waals surface area (Å²) in [4.78, 5) is 22.7. The number of carbonyl (C=O) groups excluding carboxylic acids is 2. The summed E-state index contributed by atoms with van der Waals surface area (Å²) >= 11 is 0. The molecular weight excluding hydrogens is 223 g/mol. The van der Waals surface area contributed by atoms with E-state index >= 15 is 0 Å². The Morgan fingerprint density at radius 1 is 1.41 bits per heavy atom. The Kier molecular flexibility index (Phi) is 4.63. The minimum atomic E-state index is -0.548. The second-order valence-electron chi connectivity index (χ2n) is 3.65. The molecule has 1 atom stereocenters. The quantitative estimate of drug-likeness (QED) is 0.845. The third-order valence-corrected chi connectivity index (χ3v) is 2.26. The molecule has 0 bridgehead atoms. The highest BCUT2D eigenvalue weighted by Gasteiger charge is 2.13. The first-order chi connectivity index (χ1) is 8.02. The number of benzene rings is 1. The van der Waals surface area contributed by atoms with E-state index in [9.17, 15) is 14.0 Å². The fraction of sp³-hybridized carbons (Fsp3) is 0.333. The SMILES string of the molecule is CCC(=O)C(C)NC(=O)Nc1cccc(F)c1. The Hall–Kier alpha value is -1.91. The van der Waals surface area contributed by atoms with Gasteiger partial charge in [-0.1, -0.05) is 13.0 Å². The van der Waals surface area contributed by atoms with Crippen LogP contribution in [0.1, 0.15) is 20.3 Å². The molecule has 0 spiro atoms. The fourth-order valence-electron chi connectivity index (χ4n) is 1.32. The van der Waals surface area contributed by atoms with Gasteiger partial charge in [0.1, 0.15) is 5.82 Å². The molecule has 1 aromatic rings. The Labute approximate surface area is 99.2 Å². The van der Waals surface area contributed by atoms with Crippen LogP contribution in [-0.4, -0.2) is 17.9 Å². The van der Waals surface area contributed by atoms with Crippen molar-refractivity contribution in [2.75, 3.05) is 5.32 Å². The summed E-state index contributed by atoms with van der Waals surface area (Å²) in [5.74, 6) is -0.486. The number of rotatable bonds is 4. The molecule has 92 valence electrons. The van der Waals surface area contributed by atoms with Gasteiger partial charge in [-0.2, -0.15) is 0 Å². The third-order valence-electron chi connectivity index (χ3n) is 2.26. The van der Waals surface area contributed by atoms with Crippen molar-refractivity contribution < 1.29 is 14.0 Å². The van der Waals surface area contributed by atoms with Crippen molar-refractivity contribution in [3.63, 3.8) is 0 Å². The molecule has 0 aliphatic heterocycles. The molecular formula is C12H15FN2O2. The lowest BCUT2D eigenvalue weighted by Gasteiger charge is -2.12. The van der Waals surface area contributed by atoms with Crippen LogP contribution in [0.15, 0.2) is 24.3 Å². The summed E-state index contributed by atoms with van der Waals surface area (Å²) < 4.78 is 12.8. The number of hydrogen-bond donors (Lipinski definition) is 2. The minimum Gasteiger partial charge on any atom is -0.328 e. The van der Waals surface area contributed by atoms with Gasteiger partial charge in [-0.15, -0.1) is 0 Å². The van der Waals surface area contributed by atoms with Crippen LogP contribution >= 0.6 is 0 Å². The molecule has 0 fully saturated rings. The molecule has 0 aromatic heterocycles. The van der Waals surface area contributed by atoms with Crippen molar-refractivity contribution in [2.45, 2.75) is 26.3 Å². The topological polar surface area (TPSA) is 58.2 Å². The third kappa shape index (κ3) is 4.22. The van der Waals surface area contributed by atoms with E-state index in [-0.39, 0.29) is 5.78 Å². The lowest BCUT2D eigenvalue weighted by atomic mass is 10.2. The van der Waals surface area contributed by atoms with E-state index in [0.717, 1.165) is 0 Å². The van der Waals surface area contributed by atoms with Gasteiger partial charge in [0.2, 0.25) is 0 Å². The Morgan fingerprint density at radius 3 is 2.71 bits per heavy atom. The standard InChI is InChI=1S/C12H15FN2O2/c1-3-11(16)8(2)14-12(17)15-10-6-4-5-9(13)7-10/h4-8H,3H2,1-2H3,(H2,14,15,17). The number of carbonyl (C=O) groups is 2. The van der Waals surface area contributed by atoms with Gasteiger partial charge in [-0.3, -0.25) is 4.79 Å². The zero-order valence-corrected chi connectivity index (χ0v) is 9.79. The summed E-state index contributed by atoms with van der Waals surface area (Å²) in [6.07, 6.45) is 0.363. The zero-order valence-electron chi connectivity index (χ0n) is 9.79. The van der Waals surface area contributed by atoms with Gasteiger partial charge in [0.05, 0.1) is 6.04 Å². The first kappa shape index (κ1) is 13.2. The maximum absolute atomic E-state index is 12.8. The smallest absolute Gasteiger partial charge is 0.319 e. The minimum absolute atomic E-state index is 0.0561. The summed E-state index contributed by atoms with van der Waals surface area (Å²) in [6, 6.07) is 4.47. The molecule has 0 saturated heterocycles. The number of Topliss-reactive ketones (excluding diaryl/α,β-unsaturated/α-hetero) is 1. The van der Waals surface area contributed by atoms with Crippen LogP contribution in [0.5, 0.6) is 0 Å². The van der Waals surface area contributed by atoms with Gasteiger partial charge in [-0.05, 0) is 25.1 Å². The van der Waals surface area contributed by atoms with Crippen LogP contribution in [0.25, 0.3) is 0 Å². The zero-order chi connectivity index (χ0) is 12.8. The maximum Gasteiger partial charge on any atom is 0.319 e. The van der Waals surface area contributed by atoms with E-state index in [0.29, 0.717) is 12.1 Å². The van der Waals surface area contributed by atoms with Crippen molar-refractivity contribution in [3.05, 3.63) is 30.1 Å². The summed E-state index contributed by atoms with van der Waals surface area (Å²) in [7, 11) is 0. The molecule has 4 nitrogen and oxygen atoms in total. The summed E-state index contributed by atoms with van der Waals surface area (Å²) in [6.45, 7) is 3.34. The summed E-state index contributed by atoms with van der Waals surface area (Å²) in [5.41, 5.74) is 0.346. The van der Waals surface area contributed by atoms with Crippen molar-refractivity contribution >= 4 is 17.5 Å². The highest BCUT2D eigenvalue weighted by Crippen LogP contribution is 2.08. The van der Waals surface area contributed by atoms with Gasteiger partial charge in [0, 0.05) is 12.1 Å². The molecule has 0 aliphatic rings. The second kappa shape index (κ2) is 5.98. The Bertz CT molecular complexity index is 421. The fourth-order valence-corrected chi connectivity index (χ4v) is 1.32. The van der Waals surface area contributed by atoms with Crippen LogP contribution < -0.4 is 10.6 Å². The van der Waals surface area contributed by atoms with Crippen LogP contribution in [0.4, 0.5) is 14.9 Å². The molecule has 0 heterocycles. The van der Waals surface area contributed by atoms with Gasteiger partial charge >= 0.3 is 6.03 Å². The number of hydrogen-bond acceptors (Lipinski definition) is 2. The first-order valence-electron chi connectivity index (χ1n) is 5.38. The monoisotopic (exact) mass is 238 g/mol. The maximum atomic E-state index is 12.8. The van der Waals surface area contributed by atoms with E-state index in [4.69, 9.17) is 0 Å². The number of amides is 2. The van der Waals surface area contributed by atoms with Crippen molar-refractivity contribution in [1.29, 1.82) is 0 Å². The highest BCUT2D eigenvalue weighted by molar-refractivity contribution is 5.94. The lowest BCUT2D eigenvalue weighted by Crippen LogP contribution is -2.40. The first-order valence-corrected chi connectivity index (χ1v) is 5.38. The number of ketones is 1. The van der Waals surface area contributed by atoms with Gasteiger partial charge in [-0.25, -0.2) is 9.18 Å². The van der Waals surface area contributed by atoms with Gasteiger partial charge in [0.15, 0.2) is 5.78 Å². The molecule has 5 heteroatoms. The van der Waals surface area contributed by atoms with Gasteiger partial charge < -0.3 is 10.6 Å². The van der Waals surface area contributed by atoms with Crippen molar-refractivity contribution in [2.24, 2.45) is 0 Å². The van der Waals surface area contributed by atoms with Crippen molar-refractivity contribution in [1.82, 2.24) is 5.32 Å². The molecule has 1 aromatic carbocycles. The van der Waals surface area contributed by atoms with E-state index < -0.39 is 17.9 Å². The molecule has 2 N–H and O–H groups in total. The normalized spacial score (nSPS) is 11.7. The van der Waals surface area contributed by atoms with E-state index in [1.165, 1.54) is 18.2 Å². The lowest BCUT2D eigenvalue weighted by molar-refractivity contribution is -0.120. The molecule has 1 rings (SSSR count). The van der Waals surface area contributed by atoms with Crippen LogP contribution in [-0.2, 0) is 4.79 Å². The Balaban J connectivity index is 2.53. The largest absolute Gasteiger partial charge is 0.328 e. The average molecular weight is 238 g/mol. The predicted molar refractivity (Wildman–Crippen MR) is 63.3 cm³/mol. The number of anilines is 1. The second-order valence-corrected chi connectivity index (χ2v) is 3.65. The van der Waals surface area contributed by atoms with E-state index in [1.807, 2.05) is 0 Å². The molecule has 17 heavy (non-hydrogen) atoms.